The summed E-state index contributed by atoms with van der Waals surface area (Å²) in [6, 6.07) is 23.2. The molecule has 0 heterocycles. The van der Waals surface area contributed by atoms with Crippen LogP contribution in [0.3, 0.4) is 0 Å². The van der Waals surface area contributed by atoms with E-state index in [1.54, 1.807) is 5.56 Å². The van der Waals surface area contributed by atoms with Gasteiger partial charge in [-0.05, 0) is 74.0 Å². The van der Waals surface area contributed by atoms with Crippen molar-refractivity contribution in [2.45, 2.75) is 69.2 Å². The minimum absolute atomic E-state index is 0.381. The van der Waals surface area contributed by atoms with Crippen LogP contribution in [0.2, 0.25) is 0 Å². The lowest BCUT2D eigenvalue weighted by Gasteiger charge is -2.31. The topological polar surface area (TPSA) is 12.0 Å². The van der Waals surface area contributed by atoms with Crippen LogP contribution in [0.25, 0.3) is 0 Å². The zero-order valence-electron chi connectivity index (χ0n) is 16.0. The van der Waals surface area contributed by atoms with E-state index in [1.165, 1.54) is 69.9 Å². The van der Waals surface area contributed by atoms with E-state index in [4.69, 9.17) is 0 Å². The first-order valence-electron chi connectivity index (χ1n) is 10.7. The van der Waals surface area contributed by atoms with Gasteiger partial charge in [0, 0.05) is 6.04 Å². The Kier molecular flexibility index (Phi) is 5.75. The van der Waals surface area contributed by atoms with Crippen LogP contribution in [-0.4, -0.2) is 12.6 Å². The third-order valence-electron chi connectivity index (χ3n) is 6.86. The molecule has 0 aliphatic heterocycles. The molecule has 1 N–H and O–H groups in total. The third kappa shape index (κ3) is 4.20. The second-order valence-corrected chi connectivity index (χ2v) is 8.63. The van der Waals surface area contributed by atoms with Gasteiger partial charge in [-0.15, -0.1) is 0 Å². The molecule has 2 aromatic carbocycles. The molecule has 2 atom stereocenters. The molecule has 1 heteroatoms. The Labute approximate surface area is 159 Å². The van der Waals surface area contributed by atoms with E-state index in [2.05, 4.69) is 66.0 Å². The van der Waals surface area contributed by atoms with E-state index in [9.17, 15) is 0 Å². The molecule has 138 valence electrons. The zero-order valence-corrected chi connectivity index (χ0v) is 16.0. The largest absolute Gasteiger partial charge is 0.314 e. The van der Waals surface area contributed by atoms with Gasteiger partial charge in [0.05, 0.1) is 0 Å². The highest BCUT2D eigenvalue weighted by Gasteiger charge is 2.40. The van der Waals surface area contributed by atoms with Crippen molar-refractivity contribution >= 4 is 0 Å². The second-order valence-electron chi connectivity index (χ2n) is 8.63. The Morgan fingerprint density at radius 1 is 0.846 bits per heavy atom. The molecule has 0 spiro atoms. The van der Waals surface area contributed by atoms with Gasteiger partial charge in [0.1, 0.15) is 0 Å². The minimum Gasteiger partial charge on any atom is -0.314 e. The number of benzene rings is 2. The SMILES string of the molecule is c1ccc(CC2CCC(CCNC3CCCC3)(c3ccccc3)C2)cc1. The van der Waals surface area contributed by atoms with Crippen LogP contribution in [0.15, 0.2) is 60.7 Å². The summed E-state index contributed by atoms with van der Waals surface area (Å²) in [7, 11) is 0. The van der Waals surface area contributed by atoms with Crippen LogP contribution in [0, 0.1) is 5.92 Å². The summed E-state index contributed by atoms with van der Waals surface area (Å²) in [5, 5.41) is 3.87. The van der Waals surface area contributed by atoms with E-state index < -0.39 is 0 Å². The number of nitrogens with one attached hydrogen (secondary N) is 1. The molecular formula is C25H33N. The lowest BCUT2D eigenvalue weighted by atomic mass is 9.75. The second kappa shape index (κ2) is 8.39. The smallest absolute Gasteiger partial charge is 0.00670 e. The Morgan fingerprint density at radius 2 is 1.54 bits per heavy atom. The molecule has 4 rings (SSSR count). The quantitative estimate of drug-likeness (QED) is 0.658. The van der Waals surface area contributed by atoms with Crippen molar-refractivity contribution < 1.29 is 0 Å². The predicted octanol–water partition coefficient (Wildman–Crippen LogP) is 5.89. The van der Waals surface area contributed by atoms with Crippen molar-refractivity contribution in [3.05, 3.63) is 71.8 Å². The fourth-order valence-corrected chi connectivity index (χ4v) is 5.43. The van der Waals surface area contributed by atoms with E-state index in [0.717, 1.165) is 12.0 Å². The van der Waals surface area contributed by atoms with Gasteiger partial charge >= 0.3 is 0 Å². The minimum atomic E-state index is 0.381. The lowest BCUT2D eigenvalue weighted by molar-refractivity contribution is 0.362. The summed E-state index contributed by atoms with van der Waals surface area (Å²) in [5.74, 6) is 0.823. The van der Waals surface area contributed by atoms with Crippen LogP contribution in [0.5, 0.6) is 0 Å². The van der Waals surface area contributed by atoms with E-state index in [-0.39, 0.29) is 0 Å². The molecule has 26 heavy (non-hydrogen) atoms. The van der Waals surface area contributed by atoms with Gasteiger partial charge < -0.3 is 5.32 Å². The first-order chi connectivity index (χ1) is 12.8. The highest BCUT2D eigenvalue weighted by Crippen LogP contribution is 2.47. The van der Waals surface area contributed by atoms with Crippen LogP contribution < -0.4 is 5.32 Å². The Morgan fingerprint density at radius 3 is 2.27 bits per heavy atom. The molecule has 1 nitrogen and oxygen atoms in total. The molecule has 0 saturated heterocycles. The summed E-state index contributed by atoms with van der Waals surface area (Å²) >= 11 is 0. The summed E-state index contributed by atoms with van der Waals surface area (Å²) in [6.07, 6.45) is 12.2. The molecule has 0 radical (unpaired) electrons. The Bertz CT molecular complexity index is 659. The van der Waals surface area contributed by atoms with Crippen molar-refractivity contribution in [3.8, 4) is 0 Å². The molecule has 2 fully saturated rings. The van der Waals surface area contributed by atoms with Crippen LogP contribution in [0.4, 0.5) is 0 Å². The van der Waals surface area contributed by atoms with E-state index >= 15 is 0 Å². The normalized spacial score (nSPS) is 26.4. The molecule has 2 aromatic rings. The van der Waals surface area contributed by atoms with Crippen LogP contribution in [-0.2, 0) is 11.8 Å². The van der Waals surface area contributed by atoms with E-state index in [0.29, 0.717) is 5.41 Å². The van der Waals surface area contributed by atoms with Gasteiger partial charge in [-0.2, -0.15) is 0 Å². The lowest BCUT2D eigenvalue weighted by Crippen LogP contribution is -2.33. The number of hydrogen-bond donors (Lipinski definition) is 1. The van der Waals surface area contributed by atoms with Crippen molar-refractivity contribution in [2.75, 3.05) is 6.54 Å². The van der Waals surface area contributed by atoms with Crippen LogP contribution in [0.1, 0.15) is 62.5 Å². The fraction of sp³-hybridized carbons (Fsp3) is 0.520. The molecule has 0 bridgehead atoms. The third-order valence-corrected chi connectivity index (χ3v) is 6.86. The Balaban J connectivity index is 1.43. The van der Waals surface area contributed by atoms with Gasteiger partial charge in [-0.1, -0.05) is 73.5 Å². The molecule has 2 aliphatic rings. The molecular weight excluding hydrogens is 314 g/mol. The first-order valence-corrected chi connectivity index (χ1v) is 10.7. The maximum absolute atomic E-state index is 3.87. The summed E-state index contributed by atoms with van der Waals surface area (Å²) < 4.78 is 0. The van der Waals surface area contributed by atoms with Gasteiger partial charge in [0.25, 0.3) is 0 Å². The van der Waals surface area contributed by atoms with E-state index in [1.807, 2.05) is 0 Å². The molecule has 2 unspecified atom stereocenters. The maximum Gasteiger partial charge on any atom is 0.00670 e. The van der Waals surface area contributed by atoms with Gasteiger partial charge in [0.2, 0.25) is 0 Å². The maximum atomic E-state index is 3.87. The fourth-order valence-electron chi connectivity index (χ4n) is 5.43. The van der Waals surface area contributed by atoms with Gasteiger partial charge in [-0.3, -0.25) is 0 Å². The number of rotatable bonds is 7. The summed E-state index contributed by atoms with van der Waals surface area (Å²) in [5.41, 5.74) is 3.46. The van der Waals surface area contributed by atoms with Crippen LogP contribution >= 0.6 is 0 Å². The molecule has 2 saturated carbocycles. The first kappa shape index (κ1) is 17.8. The number of hydrogen-bond acceptors (Lipinski definition) is 1. The van der Waals surface area contributed by atoms with Crippen molar-refractivity contribution in [1.29, 1.82) is 0 Å². The summed E-state index contributed by atoms with van der Waals surface area (Å²) in [4.78, 5) is 0. The average Bonchev–Trinajstić information content (AvgIpc) is 3.34. The monoisotopic (exact) mass is 347 g/mol. The zero-order chi connectivity index (χ0) is 17.7. The summed E-state index contributed by atoms with van der Waals surface area (Å²) in [6.45, 7) is 1.18. The highest BCUT2D eigenvalue weighted by atomic mass is 14.9. The molecule has 0 aromatic heterocycles. The molecule has 2 aliphatic carbocycles. The predicted molar refractivity (Wildman–Crippen MR) is 110 cm³/mol. The standard InChI is InChI=1S/C25H33N/c1-3-9-21(10-4-1)19-22-15-16-25(20-22,23-11-5-2-6-12-23)17-18-26-24-13-7-8-14-24/h1-6,9-12,22,24,26H,7-8,13-20H2. The van der Waals surface area contributed by atoms with Crippen molar-refractivity contribution in [3.63, 3.8) is 0 Å². The van der Waals surface area contributed by atoms with Crippen molar-refractivity contribution in [2.24, 2.45) is 5.92 Å². The molecule has 0 amide bonds. The highest BCUT2D eigenvalue weighted by molar-refractivity contribution is 5.28. The Hall–Kier alpha value is -1.60. The average molecular weight is 348 g/mol. The van der Waals surface area contributed by atoms with Crippen molar-refractivity contribution in [1.82, 2.24) is 5.32 Å². The van der Waals surface area contributed by atoms with Gasteiger partial charge in [-0.25, -0.2) is 0 Å². The van der Waals surface area contributed by atoms with Gasteiger partial charge in [0.15, 0.2) is 0 Å².